The van der Waals surface area contributed by atoms with Gasteiger partial charge in [-0.05, 0) is 62.0 Å². The predicted octanol–water partition coefficient (Wildman–Crippen LogP) is 3.93. The smallest absolute Gasteiger partial charge is 0.252 e. The fourth-order valence-corrected chi connectivity index (χ4v) is 4.77. The second-order valence-corrected chi connectivity index (χ2v) is 9.77. The molecule has 1 aliphatic heterocycles. The summed E-state index contributed by atoms with van der Waals surface area (Å²) in [5, 5.41) is 0.538. The Bertz CT molecular complexity index is 1560. The molecule has 5 rings (SSSR count). The Kier molecular flexibility index (Phi) is 7.05. The Hall–Kier alpha value is -4.32. The normalized spacial score (nSPS) is 13.7. The largest absolute Gasteiger partial charge is 0.369 e. The quantitative estimate of drug-likeness (QED) is 0.347. The SMILES string of the molecule is Cc1ccc(Cl)cc1-c1[nH]c(-c2ccnc(N)n2)c(C#Cc2ccc(N3CCN(C)CC3)cc2)c1C(N)=O. The number of benzene rings is 2. The highest BCUT2D eigenvalue weighted by atomic mass is 35.5. The number of aryl methyl sites for hydroxylation is 1. The highest BCUT2D eigenvalue weighted by Crippen LogP contribution is 2.35. The van der Waals surface area contributed by atoms with E-state index in [1.165, 1.54) is 5.69 Å². The van der Waals surface area contributed by atoms with Crippen molar-refractivity contribution in [3.63, 3.8) is 0 Å². The number of nitrogens with one attached hydrogen (secondary N) is 1. The molecule has 0 atom stereocenters. The number of carbonyl (C=O) groups excluding carboxylic acids is 1. The van der Waals surface area contributed by atoms with Crippen LogP contribution in [0.25, 0.3) is 22.6 Å². The standard InChI is InChI=1S/C29H28ClN7O/c1-18-3-7-20(30)17-23(18)27-25(28(31)38)22(26(35-27)24-11-12-33-29(32)34-24)10-6-19-4-8-21(9-5-19)37-15-13-36(2)14-16-37/h3-5,7-9,11-12,17,35H,13-16H2,1-2H3,(H2,31,38)(H2,32,33,34). The molecule has 5 N–H and O–H groups in total. The molecule has 1 saturated heterocycles. The number of nitrogens with zero attached hydrogens (tertiary/aromatic N) is 4. The number of H-pyrrole nitrogens is 1. The Morgan fingerprint density at radius 2 is 1.76 bits per heavy atom. The average molecular weight is 526 g/mol. The molecule has 4 aromatic rings. The van der Waals surface area contributed by atoms with E-state index in [9.17, 15) is 4.79 Å². The Labute approximate surface area is 226 Å². The maximum absolute atomic E-state index is 12.8. The van der Waals surface area contributed by atoms with E-state index >= 15 is 0 Å². The van der Waals surface area contributed by atoms with Gasteiger partial charge >= 0.3 is 0 Å². The number of primary amides is 1. The van der Waals surface area contributed by atoms with E-state index in [1.54, 1.807) is 24.4 Å². The first kappa shape index (κ1) is 25.3. The molecule has 0 bridgehead atoms. The molecule has 1 fully saturated rings. The lowest BCUT2D eigenvalue weighted by Gasteiger charge is -2.34. The Morgan fingerprint density at radius 1 is 1.03 bits per heavy atom. The summed E-state index contributed by atoms with van der Waals surface area (Å²) in [4.78, 5) is 29.2. The van der Waals surface area contributed by atoms with Crippen molar-refractivity contribution in [1.82, 2.24) is 19.9 Å². The summed E-state index contributed by atoms with van der Waals surface area (Å²) in [6, 6.07) is 15.3. The van der Waals surface area contributed by atoms with Crippen LogP contribution >= 0.6 is 11.6 Å². The molecule has 0 aliphatic carbocycles. The number of nitrogens with two attached hydrogens (primary N) is 2. The van der Waals surface area contributed by atoms with Gasteiger partial charge in [0.05, 0.1) is 28.2 Å². The molecule has 0 radical (unpaired) electrons. The van der Waals surface area contributed by atoms with Crippen molar-refractivity contribution in [3.05, 3.63) is 82.0 Å². The maximum atomic E-state index is 12.8. The number of hydrogen-bond donors (Lipinski definition) is 3. The highest BCUT2D eigenvalue weighted by molar-refractivity contribution is 6.31. The van der Waals surface area contributed by atoms with Crippen LogP contribution in [0, 0.1) is 18.8 Å². The van der Waals surface area contributed by atoms with E-state index in [0.717, 1.165) is 42.9 Å². The fraction of sp³-hybridized carbons (Fsp3) is 0.207. The summed E-state index contributed by atoms with van der Waals surface area (Å²) in [6.45, 7) is 5.99. The van der Waals surface area contributed by atoms with Crippen LogP contribution < -0.4 is 16.4 Å². The number of rotatable bonds is 4. The van der Waals surface area contributed by atoms with E-state index < -0.39 is 5.91 Å². The molecule has 1 aliphatic rings. The molecule has 3 heterocycles. The van der Waals surface area contributed by atoms with E-state index in [2.05, 4.69) is 55.8 Å². The molecular formula is C29H28ClN7O. The first-order valence-corrected chi connectivity index (χ1v) is 12.6. The van der Waals surface area contributed by atoms with Gasteiger partial charge in [-0.25, -0.2) is 9.97 Å². The number of aromatic nitrogens is 3. The van der Waals surface area contributed by atoms with E-state index in [0.29, 0.717) is 27.7 Å². The van der Waals surface area contributed by atoms with Crippen LogP contribution in [-0.4, -0.2) is 59.0 Å². The molecule has 38 heavy (non-hydrogen) atoms. The zero-order valence-corrected chi connectivity index (χ0v) is 22.0. The molecule has 2 aromatic heterocycles. The average Bonchev–Trinajstić information content (AvgIpc) is 3.29. The summed E-state index contributed by atoms with van der Waals surface area (Å²) in [5.74, 6) is 5.89. The Balaban J connectivity index is 1.60. The van der Waals surface area contributed by atoms with Gasteiger partial charge in [-0.3, -0.25) is 4.79 Å². The number of piperazine rings is 1. The van der Waals surface area contributed by atoms with Gasteiger partial charge in [0, 0.05) is 54.2 Å². The molecule has 0 spiro atoms. The number of likely N-dealkylation sites (N-methyl/N-ethyl adjacent to an activating group) is 1. The van der Waals surface area contributed by atoms with Crippen molar-refractivity contribution in [2.45, 2.75) is 6.92 Å². The number of hydrogen-bond acceptors (Lipinski definition) is 6. The lowest BCUT2D eigenvalue weighted by Crippen LogP contribution is -2.44. The number of carbonyl (C=O) groups is 1. The summed E-state index contributed by atoms with van der Waals surface area (Å²) in [5.41, 5.74) is 17.7. The third-order valence-electron chi connectivity index (χ3n) is 6.71. The monoisotopic (exact) mass is 525 g/mol. The van der Waals surface area contributed by atoms with Gasteiger partial charge in [-0.2, -0.15) is 0 Å². The van der Waals surface area contributed by atoms with Crippen LogP contribution in [0.3, 0.4) is 0 Å². The van der Waals surface area contributed by atoms with Crippen molar-refractivity contribution in [2.24, 2.45) is 5.73 Å². The van der Waals surface area contributed by atoms with Crippen molar-refractivity contribution in [1.29, 1.82) is 0 Å². The van der Waals surface area contributed by atoms with Crippen molar-refractivity contribution < 1.29 is 4.79 Å². The van der Waals surface area contributed by atoms with Crippen LogP contribution in [0.15, 0.2) is 54.7 Å². The zero-order chi connectivity index (χ0) is 26.8. The number of nitrogen functional groups attached to an aromatic ring is 1. The molecule has 9 heteroatoms. The van der Waals surface area contributed by atoms with Crippen LogP contribution in [0.5, 0.6) is 0 Å². The first-order valence-electron chi connectivity index (χ1n) is 12.3. The van der Waals surface area contributed by atoms with Crippen molar-refractivity contribution >= 4 is 29.1 Å². The summed E-state index contributed by atoms with van der Waals surface area (Å²) < 4.78 is 0. The molecule has 0 saturated carbocycles. The topological polar surface area (TPSA) is 117 Å². The first-order chi connectivity index (χ1) is 18.3. The molecule has 2 aromatic carbocycles. The molecule has 1 amide bonds. The highest BCUT2D eigenvalue weighted by Gasteiger charge is 2.24. The van der Waals surface area contributed by atoms with Gasteiger partial charge in [0.2, 0.25) is 5.95 Å². The predicted molar refractivity (Wildman–Crippen MR) is 152 cm³/mol. The number of amides is 1. The molecule has 0 unspecified atom stereocenters. The van der Waals surface area contributed by atoms with Crippen molar-refractivity contribution in [2.75, 3.05) is 43.9 Å². The van der Waals surface area contributed by atoms with Crippen LogP contribution in [0.4, 0.5) is 11.6 Å². The van der Waals surface area contributed by atoms with E-state index in [1.807, 2.05) is 25.1 Å². The van der Waals surface area contributed by atoms with E-state index in [-0.39, 0.29) is 11.5 Å². The van der Waals surface area contributed by atoms with Gasteiger partial charge in [-0.1, -0.05) is 29.5 Å². The fourth-order valence-electron chi connectivity index (χ4n) is 4.60. The lowest BCUT2D eigenvalue weighted by molar-refractivity contribution is 0.100. The van der Waals surface area contributed by atoms with Gasteiger partial charge in [0.25, 0.3) is 5.91 Å². The lowest BCUT2D eigenvalue weighted by atomic mass is 9.99. The van der Waals surface area contributed by atoms with Crippen LogP contribution in [0.1, 0.15) is 27.0 Å². The summed E-state index contributed by atoms with van der Waals surface area (Å²) in [7, 11) is 2.14. The Morgan fingerprint density at radius 3 is 2.45 bits per heavy atom. The van der Waals surface area contributed by atoms with Gasteiger partial charge < -0.3 is 26.3 Å². The minimum absolute atomic E-state index is 0.108. The molecular weight excluding hydrogens is 498 g/mol. The van der Waals surface area contributed by atoms with Crippen molar-refractivity contribution in [3.8, 4) is 34.5 Å². The minimum Gasteiger partial charge on any atom is -0.369 e. The molecule has 8 nitrogen and oxygen atoms in total. The second-order valence-electron chi connectivity index (χ2n) is 9.34. The number of anilines is 2. The van der Waals surface area contributed by atoms with Gasteiger partial charge in [-0.15, -0.1) is 0 Å². The van der Waals surface area contributed by atoms with Gasteiger partial charge in [0.15, 0.2) is 0 Å². The third-order valence-corrected chi connectivity index (χ3v) is 6.95. The van der Waals surface area contributed by atoms with E-state index in [4.69, 9.17) is 23.1 Å². The second kappa shape index (κ2) is 10.6. The third kappa shape index (κ3) is 5.21. The van der Waals surface area contributed by atoms with Gasteiger partial charge in [0.1, 0.15) is 0 Å². The minimum atomic E-state index is -0.612. The zero-order valence-electron chi connectivity index (χ0n) is 21.3. The summed E-state index contributed by atoms with van der Waals surface area (Å²) in [6.07, 6.45) is 1.56. The van der Waals surface area contributed by atoms with Crippen LogP contribution in [0.2, 0.25) is 5.02 Å². The maximum Gasteiger partial charge on any atom is 0.252 e. The number of halogens is 1. The van der Waals surface area contributed by atoms with Crippen LogP contribution in [-0.2, 0) is 0 Å². The molecule has 192 valence electrons. The summed E-state index contributed by atoms with van der Waals surface area (Å²) >= 11 is 6.30. The number of aromatic amines is 1.